The predicted octanol–water partition coefficient (Wildman–Crippen LogP) is 6.73. The van der Waals surface area contributed by atoms with Crippen molar-refractivity contribution in [3.63, 3.8) is 0 Å². The second kappa shape index (κ2) is 13.0. The van der Waals surface area contributed by atoms with Crippen LogP contribution in [-0.2, 0) is 30.5 Å². The number of rotatable bonds is 9. The highest BCUT2D eigenvalue weighted by molar-refractivity contribution is 5.88. The Labute approximate surface area is 266 Å². The number of Topliss-reactive ketones (excluding diaryl/α,β-unsaturated/α-hetero) is 1. The fourth-order valence-corrected chi connectivity index (χ4v) is 8.45. The number of hydrogen-bond donors (Lipinski definition) is 1. The zero-order chi connectivity index (χ0) is 32.4. The first-order valence-electron chi connectivity index (χ1n) is 16.1. The molecule has 2 aromatic carbocycles. The molecule has 3 fully saturated rings. The molecule has 3 aliphatic rings. The summed E-state index contributed by atoms with van der Waals surface area (Å²) in [7, 11) is 0. The standard InChI is InChI=1S/C38H46O7/c1-6-36(4)22-31(37(5)25(2)18-20-38(26(3)35(36)42)21-19-30(39)34(37)38)45-33(41)24-44-32(40)17-14-27-12-15-29(16-13-27)43-23-28-10-8-7-9-11-28/h6-17,25-26,31,34-35,42H,1,18-24H2,2-5H3/b17-14+/t25-,26+,31-,34+,35+,36-,37+,38+/m1/s1. The summed E-state index contributed by atoms with van der Waals surface area (Å²) in [6.45, 7) is 12.2. The van der Waals surface area contributed by atoms with E-state index >= 15 is 0 Å². The maximum Gasteiger partial charge on any atom is 0.344 e. The minimum atomic E-state index is -0.741. The van der Waals surface area contributed by atoms with Crippen LogP contribution in [0, 0.1) is 34.0 Å². The summed E-state index contributed by atoms with van der Waals surface area (Å²) < 4.78 is 17.2. The Bertz CT molecular complexity index is 1430. The number of ketones is 1. The lowest BCUT2D eigenvalue weighted by atomic mass is 9.44. The van der Waals surface area contributed by atoms with E-state index in [-0.39, 0.29) is 29.0 Å². The summed E-state index contributed by atoms with van der Waals surface area (Å²) in [6.07, 6.45) is 6.52. The second-order valence-corrected chi connectivity index (χ2v) is 13.8. The molecule has 0 aromatic heterocycles. The van der Waals surface area contributed by atoms with E-state index in [0.717, 1.165) is 30.4 Å². The molecule has 2 aromatic rings. The van der Waals surface area contributed by atoms with E-state index in [1.54, 1.807) is 12.2 Å². The SMILES string of the molecule is C=C[C@]1(C)C[C@@H](OC(=O)COC(=O)/C=C/c2ccc(OCc3ccccc3)cc2)[C@]2(C)[C@H](C)CC[C@]3(CCC(=O)[C@H]32)[C@@H](C)[C@@H]1O. The molecule has 3 aliphatic carbocycles. The monoisotopic (exact) mass is 614 g/mol. The fraction of sp³-hybridized carbons (Fsp3) is 0.500. The normalized spacial score (nSPS) is 34.3. The van der Waals surface area contributed by atoms with Gasteiger partial charge in [0.2, 0.25) is 0 Å². The van der Waals surface area contributed by atoms with Gasteiger partial charge in [-0.15, -0.1) is 6.58 Å². The first kappa shape index (κ1) is 32.7. The van der Waals surface area contributed by atoms with Crippen molar-refractivity contribution < 1.29 is 33.7 Å². The molecular formula is C38H46O7. The summed E-state index contributed by atoms with van der Waals surface area (Å²) in [6, 6.07) is 17.2. The fourth-order valence-electron chi connectivity index (χ4n) is 8.45. The number of benzene rings is 2. The quantitative estimate of drug-likeness (QED) is 0.190. The van der Waals surface area contributed by atoms with Crippen molar-refractivity contribution in [3.8, 4) is 5.75 Å². The number of ether oxygens (including phenoxy) is 3. The van der Waals surface area contributed by atoms with E-state index in [2.05, 4.69) is 27.4 Å². The van der Waals surface area contributed by atoms with E-state index in [1.807, 2.05) is 61.5 Å². The molecule has 0 saturated heterocycles. The summed E-state index contributed by atoms with van der Waals surface area (Å²) in [5, 5.41) is 11.7. The maximum absolute atomic E-state index is 13.5. The summed E-state index contributed by atoms with van der Waals surface area (Å²) >= 11 is 0. The van der Waals surface area contributed by atoms with Crippen LogP contribution in [0.4, 0.5) is 0 Å². The molecule has 2 bridgehead atoms. The smallest absolute Gasteiger partial charge is 0.344 e. The molecule has 0 unspecified atom stereocenters. The van der Waals surface area contributed by atoms with Crippen LogP contribution in [0.1, 0.15) is 70.9 Å². The average molecular weight is 615 g/mol. The zero-order valence-corrected chi connectivity index (χ0v) is 26.9. The predicted molar refractivity (Wildman–Crippen MR) is 172 cm³/mol. The molecule has 7 heteroatoms. The molecule has 1 N–H and O–H groups in total. The molecule has 45 heavy (non-hydrogen) atoms. The number of aliphatic hydroxyl groups excluding tert-OH is 1. The van der Waals surface area contributed by atoms with E-state index in [1.165, 1.54) is 6.08 Å². The van der Waals surface area contributed by atoms with E-state index < -0.39 is 41.6 Å². The van der Waals surface area contributed by atoms with Gasteiger partial charge in [-0.25, -0.2) is 9.59 Å². The van der Waals surface area contributed by atoms with Crippen LogP contribution in [0.5, 0.6) is 5.75 Å². The Balaban J connectivity index is 1.23. The molecule has 0 aliphatic heterocycles. The van der Waals surface area contributed by atoms with Gasteiger partial charge in [-0.2, -0.15) is 0 Å². The van der Waals surface area contributed by atoms with Crippen molar-refractivity contribution in [3.05, 3.63) is 84.5 Å². The van der Waals surface area contributed by atoms with Gasteiger partial charge in [-0.1, -0.05) is 76.2 Å². The van der Waals surface area contributed by atoms with Gasteiger partial charge < -0.3 is 19.3 Å². The lowest BCUT2D eigenvalue weighted by Crippen LogP contribution is -2.63. The van der Waals surface area contributed by atoms with Gasteiger partial charge in [0.15, 0.2) is 6.61 Å². The third kappa shape index (κ3) is 6.24. The highest BCUT2D eigenvalue weighted by Gasteiger charge is 2.68. The van der Waals surface area contributed by atoms with Crippen LogP contribution in [0.3, 0.4) is 0 Å². The van der Waals surface area contributed by atoms with E-state index in [0.29, 0.717) is 25.2 Å². The average Bonchev–Trinajstić information content (AvgIpc) is 3.41. The highest BCUT2D eigenvalue weighted by Crippen LogP contribution is 2.68. The van der Waals surface area contributed by atoms with Gasteiger partial charge in [0.25, 0.3) is 0 Å². The summed E-state index contributed by atoms with van der Waals surface area (Å²) in [5.74, 6) is -0.742. The molecule has 0 amide bonds. The second-order valence-electron chi connectivity index (χ2n) is 13.8. The Morgan fingerprint density at radius 3 is 2.44 bits per heavy atom. The molecule has 5 rings (SSSR count). The van der Waals surface area contributed by atoms with Gasteiger partial charge in [0.05, 0.1) is 6.10 Å². The van der Waals surface area contributed by atoms with Gasteiger partial charge in [0.1, 0.15) is 24.2 Å². The Morgan fingerprint density at radius 2 is 1.76 bits per heavy atom. The van der Waals surface area contributed by atoms with Gasteiger partial charge >= 0.3 is 11.9 Å². The lowest BCUT2D eigenvalue weighted by Gasteiger charge is -2.61. The van der Waals surface area contributed by atoms with Crippen molar-refractivity contribution in [2.24, 2.45) is 34.0 Å². The summed E-state index contributed by atoms with van der Waals surface area (Å²) in [5.41, 5.74) is 0.143. The Morgan fingerprint density at radius 1 is 1.04 bits per heavy atom. The number of carbonyl (C=O) groups excluding carboxylic acids is 3. The van der Waals surface area contributed by atoms with Crippen molar-refractivity contribution in [1.82, 2.24) is 0 Å². The zero-order valence-electron chi connectivity index (χ0n) is 26.9. The van der Waals surface area contributed by atoms with Crippen LogP contribution in [0.15, 0.2) is 73.3 Å². The molecule has 8 atom stereocenters. The number of hydrogen-bond acceptors (Lipinski definition) is 7. The first-order valence-corrected chi connectivity index (χ1v) is 16.1. The highest BCUT2D eigenvalue weighted by atomic mass is 16.6. The maximum atomic E-state index is 13.5. The van der Waals surface area contributed by atoms with Crippen LogP contribution in [0.2, 0.25) is 0 Å². The minimum Gasteiger partial charge on any atom is -0.489 e. The van der Waals surface area contributed by atoms with Crippen molar-refractivity contribution in [2.45, 2.75) is 78.6 Å². The topological polar surface area (TPSA) is 99.1 Å². The van der Waals surface area contributed by atoms with Gasteiger partial charge in [0, 0.05) is 29.2 Å². The largest absolute Gasteiger partial charge is 0.489 e. The van der Waals surface area contributed by atoms with Gasteiger partial charge in [-0.3, -0.25) is 4.79 Å². The number of carbonyl (C=O) groups is 3. The van der Waals surface area contributed by atoms with Crippen molar-refractivity contribution in [2.75, 3.05) is 6.61 Å². The van der Waals surface area contributed by atoms with E-state index in [4.69, 9.17) is 14.2 Å². The van der Waals surface area contributed by atoms with Crippen molar-refractivity contribution in [1.29, 1.82) is 0 Å². The Kier molecular flexibility index (Phi) is 9.41. The minimum absolute atomic E-state index is 0.105. The first-order chi connectivity index (χ1) is 21.4. The van der Waals surface area contributed by atoms with Crippen LogP contribution in [0.25, 0.3) is 6.08 Å². The Hall–Kier alpha value is -3.71. The van der Waals surface area contributed by atoms with Crippen LogP contribution in [-0.4, -0.2) is 41.6 Å². The molecular weight excluding hydrogens is 568 g/mol. The molecule has 0 heterocycles. The number of esters is 2. The summed E-state index contributed by atoms with van der Waals surface area (Å²) in [4.78, 5) is 39.3. The lowest BCUT2D eigenvalue weighted by molar-refractivity contribution is -0.208. The molecule has 0 radical (unpaired) electrons. The molecule has 3 saturated carbocycles. The molecule has 240 valence electrons. The molecule has 7 nitrogen and oxygen atoms in total. The van der Waals surface area contributed by atoms with Crippen LogP contribution >= 0.6 is 0 Å². The van der Waals surface area contributed by atoms with Crippen LogP contribution < -0.4 is 4.74 Å². The third-order valence-electron chi connectivity index (χ3n) is 11.4. The third-order valence-corrected chi connectivity index (χ3v) is 11.4. The van der Waals surface area contributed by atoms with Crippen molar-refractivity contribution >= 4 is 23.8 Å². The number of aliphatic hydroxyl groups is 1. The van der Waals surface area contributed by atoms with E-state index in [9.17, 15) is 19.5 Å². The molecule has 0 spiro atoms. The van der Waals surface area contributed by atoms with Gasteiger partial charge in [-0.05, 0) is 72.3 Å².